The summed E-state index contributed by atoms with van der Waals surface area (Å²) in [7, 11) is 0. The molecule has 20 heavy (non-hydrogen) atoms. The summed E-state index contributed by atoms with van der Waals surface area (Å²) < 4.78 is 2.76. The number of benzene rings is 1. The molecule has 0 aliphatic heterocycles. The van der Waals surface area contributed by atoms with Gasteiger partial charge in [0.2, 0.25) is 5.95 Å². The summed E-state index contributed by atoms with van der Waals surface area (Å²) in [6, 6.07) is 10.2. The van der Waals surface area contributed by atoms with Gasteiger partial charge in [-0.25, -0.2) is 9.97 Å². The van der Waals surface area contributed by atoms with Crippen LogP contribution in [0.2, 0.25) is 0 Å². The van der Waals surface area contributed by atoms with E-state index in [1.165, 1.54) is 5.56 Å². The van der Waals surface area contributed by atoms with Crippen molar-refractivity contribution in [3.05, 3.63) is 46.6 Å². The summed E-state index contributed by atoms with van der Waals surface area (Å²) in [5, 5.41) is 0. The highest BCUT2D eigenvalue weighted by atomic mass is 79.9. The van der Waals surface area contributed by atoms with Crippen LogP contribution in [0, 0.1) is 0 Å². The third kappa shape index (κ3) is 2.18. The van der Waals surface area contributed by atoms with E-state index < -0.39 is 0 Å². The third-order valence-electron chi connectivity index (χ3n) is 3.31. The number of nitrogen functional groups attached to an aromatic ring is 1. The van der Waals surface area contributed by atoms with Gasteiger partial charge in [-0.1, -0.05) is 26.0 Å². The number of imidazole rings is 1. The van der Waals surface area contributed by atoms with Crippen molar-refractivity contribution in [2.45, 2.75) is 19.8 Å². The van der Waals surface area contributed by atoms with Gasteiger partial charge in [-0.15, -0.1) is 0 Å². The minimum Gasteiger partial charge on any atom is -0.369 e. The van der Waals surface area contributed by atoms with E-state index in [1.807, 2.05) is 10.6 Å². The molecule has 0 fully saturated rings. The fourth-order valence-electron chi connectivity index (χ4n) is 2.22. The molecule has 0 atom stereocenters. The van der Waals surface area contributed by atoms with Gasteiger partial charge in [0.1, 0.15) is 5.52 Å². The lowest BCUT2D eigenvalue weighted by Gasteiger charge is -2.09. The zero-order valence-electron chi connectivity index (χ0n) is 11.3. The third-order valence-corrected chi connectivity index (χ3v) is 3.74. The van der Waals surface area contributed by atoms with Crippen molar-refractivity contribution in [2.75, 3.05) is 5.73 Å². The van der Waals surface area contributed by atoms with Crippen LogP contribution in [-0.2, 0) is 0 Å². The van der Waals surface area contributed by atoms with E-state index in [-0.39, 0.29) is 0 Å². The van der Waals surface area contributed by atoms with E-state index in [1.54, 1.807) is 6.20 Å². The Kier molecular flexibility index (Phi) is 3.22. The highest BCUT2D eigenvalue weighted by Gasteiger charge is 2.11. The van der Waals surface area contributed by atoms with E-state index in [2.05, 4.69) is 64.0 Å². The van der Waals surface area contributed by atoms with E-state index in [9.17, 15) is 0 Å². The van der Waals surface area contributed by atoms with Gasteiger partial charge in [0, 0.05) is 10.7 Å². The Morgan fingerprint density at radius 1 is 1.20 bits per heavy atom. The number of nitrogens with zero attached hydrogens (tertiary/aromatic N) is 3. The number of aromatic nitrogens is 3. The fraction of sp³-hybridized carbons (Fsp3) is 0.200. The summed E-state index contributed by atoms with van der Waals surface area (Å²) in [5.74, 6) is 0.956. The maximum absolute atomic E-state index is 6.03. The molecular formula is C15H15BrN4. The van der Waals surface area contributed by atoms with Gasteiger partial charge >= 0.3 is 0 Å². The van der Waals surface area contributed by atoms with Crippen molar-refractivity contribution in [1.82, 2.24) is 14.5 Å². The van der Waals surface area contributed by atoms with Crippen molar-refractivity contribution in [3.63, 3.8) is 0 Å². The molecule has 0 saturated carbocycles. The molecule has 0 unspecified atom stereocenters. The molecule has 5 heteroatoms. The lowest BCUT2D eigenvalue weighted by Crippen LogP contribution is -2.01. The molecule has 0 aliphatic rings. The normalized spacial score (nSPS) is 11.4. The highest BCUT2D eigenvalue weighted by Crippen LogP contribution is 2.24. The Hall–Kier alpha value is -1.88. The number of fused-ring (bicyclic) bond motifs is 1. The first-order valence-electron chi connectivity index (χ1n) is 6.46. The van der Waals surface area contributed by atoms with Crippen LogP contribution >= 0.6 is 15.9 Å². The van der Waals surface area contributed by atoms with Gasteiger partial charge in [-0.3, -0.25) is 4.57 Å². The highest BCUT2D eigenvalue weighted by molar-refractivity contribution is 9.10. The van der Waals surface area contributed by atoms with Crippen molar-refractivity contribution in [3.8, 4) is 5.69 Å². The molecule has 0 radical (unpaired) electrons. The quantitative estimate of drug-likeness (QED) is 0.775. The van der Waals surface area contributed by atoms with E-state index in [4.69, 9.17) is 5.73 Å². The molecule has 0 saturated heterocycles. The van der Waals surface area contributed by atoms with Gasteiger partial charge in [0.15, 0.2) is 5.65 Å². The molecule has 0 aliphatic carbocycles. The SMILES string of the molecule is CC(C)c1ccc(-n2c(N)nc3cc(Br)cnc32)cc1. The number of nitrogens with two attached hydrogens (primary N) is 1. The van der Waals surface area contributed by atoms with Gasteiger partial charge in [0.25, 0.3) is 0 Å². The predicted octanol–water partition coefficient (Wildman–Crippen LogP) is 3.89. The Morgan fingerprint density at radius 3 is 2.55 bits per heavy atom. The van der Waals surface area contributed by atoms with Crippen molar-refractivity contribution in [2.24, 2.45) is 0 Å². The van der Waals surface area contributed by atoms with Crippen molar-refractivity contribution >= 4 is 33.0 Å². The summed E-state index contributed by atoms with van der Waals surface area (Å²) in [5.41, 5.74) is 9.85. The molecule has 0 spiro atoms. The number of halogens is 1. The first-order chi connectivity index (χ1) is 9.56. The molecule has 3 rings (SSSR count). The molecule has 2 aromatic heterocycles. The maximum atomic E-state index is 6.03. The lowest BCUT2D eigenvalue weighted by atomic mass is 10.0. The van der Waals surface area contributed by atoms with E-state index >= 15 is 0 Å². The van der Waals surface area contributed by atoms with Gasteiger partial charge in [0.05, 0.1) is 5.69 Å². The van der Waals surface area contributed by atoms with Crippen molar-refractivity contribution < 1.29 is 0 Å². The van der Waals surface area contributed by atoms with Crippen LogP contribution in [0.15, 0.2) is 41.0 Å². The second-order valence-corrected chi connectivity index (χ2v) is 5.96. The number of hydrogen-bond donors (Lipinski definition) is 1. The van der Waals surface area contributed by atoms with Crippen LogP contribution < -0.4 is 5.73 Å². The Bertz CT molecular complexity index is 759. The number of pyridine rings is 1. The number of hydrogen-bond acceptors (Lipinski definition) is 3. The van der Waals surface area contributed by atoms with E-state index in [0.717, 1.165) is 21.3 Å². The predicted molar refractivity (Wildman–Crippen MR) is 85.1 cm³/mol. The lowest BCUT2D eigenvalue weighted by molar-refractivity contribution is 0.865. The van der Waals surface area contributed by atoms with Crippen LogP contribution in [-0.4, -0.2) is 14.5 Å². The Balaban J connectivity index is 2.16. The monoisotopic (exact) mass is 330 g/mol. The van der Waals surface area contributed by atoms with E-state index in [0.29, 0.717) is 11.9 Å². The van der Waals surface area contributed by atoms with Gasteiger partial charge < -0.3 is 5.73 Å². The fourth-order valence-corrected chi connectivity index (χ4v) is 2.54. The molecule has 4 nitrogen and oxygen atoms in total. The smallest absolute Gasteiger partial charge is 0.207 e. The summed E-state index contributed by atoms with van der Waals surface area (Å²) in [6.45, 7) is 4.35. The topological polar surface area (TPSA) is 56.7 Å². The van der Waals surface area contributed by atoms with Crippen LogP contribution in [0.5, 0.6) is 0 Å². The Morgan fingerprint density at radius 2 is 1.90 bits per heavy atom. The molecule has 3 aromatic rings. The largest absolute Gasteiger partial charge is 0.369 e. The first-order valence-corrected chi connectivity index (χ1v) is 7.25. The standard InChI is InChI=1S/C15H15BrN4/c1-9(2)10-3-5-12(6-4-10)20-14-13(19-15(20)17)7-11(16)8-18-14/h3-9H,1-2H3,(H2,17,19). The second-order valence-electron chi connectivity index (χ2n) is 5.05. The van der Waals surface area contributed by atoms with Crippen LogP contribution in [0.25, 0.3) is 16.9 Å². The average Bonchev–Trinajstić information content (AvgIpc) is 2.73. The summed E-state index contributed by atoms with van der Waals surface area (Å²) in [6.07, 6.45) is 1.75. The molecular weight excluding hydrogens is 316 g/mol. The molecule has 2 heterocycles. The van der Waals surface area contributed by atoms with Crippen LogP contribution in [0.4, 0.5) is 5.95 Å². The molecule has 0 amide bonds. The minimum absolute atomic E-state index is 0.447. The summed E-state index contributed by atoms with van der Waals surface area (Å²) in [4.78, 5) is 8.77. The molecule has 1 aromatic carbocycles. The second kappa shape index (κ2) is 4.90. The maximum Gasteiger partial charge on any atom is 0.207 e. The molecule has 2 N–H and O–H groups in total. The number of anilines is 1. The van der Waals surface area contributed by atoms with Crippen LogP contribution in [0.1, 0.15) is 25.3 Å². The average molecular weight is 331 g/mol. The Labute approximate surface area is 125 Å². The zero-order chi connectivity index (χ0) is 14.3. The van der Waals surface area contributed by atoms with Crippen LogP contribution in [0.3, 0.4) is 0 Å². The molecule has 102 valence electrons. The minimum atomic E-state index is 0.447. The first kappa shape index (κ1) is 13.1. The molecule has 0 bridgehead atoms. The van der Waals surface area contributed by atoms with Crippen molar-refractivity contribution in [1.29, 1.82) is 0 Å². The zero-order valence-corrected chi connectivity index (χ0v) is 12.9. The number of rotatable bonds is 2. The van der Waals surface area contributed by atoms with Gasteiger partial charge in [-0.2, -0.15) is 0 Å². The van der Waals surface area contributed by atoms with Gasteiger partial charge in [-0.05, 0) is 45.6 Å². The summed E-state index contributed by atoms with van der Waals surface area (Å²) >= 11 is 3.40.